The lowest BCUT2D eigenvalue weighted by atomic mass is 9.74. The van der Waals surface area contributed by atoms with Crippen LogP contribution in [0.15, 0.2) is 0 Å². The topological polar surface area (TPSA) is 475 Å². The SMILES string of the molecule is CC(N)(C(=O)O)C1(O)CCCC1C(=O)O.CC(N)(C(=O)O)[P+](O)(C=O)OCCCCC(=O)O.CC1(C(C)(N)P(=O)(O)O)CCCC1C(=O)O.CCN.O=[P+]([O-])O. The van der Waals surface area contributed by atoms with Gasteiger partial charge < -0.3 is 62.5 Å². The Kier molecular flexibility index (Phi) is 24.4. The zero-order valence-electron chi connectivity index (χ0n) is 31.7. The van der Waals surface area contributed by atoms with Crippen LogP contribution in [0.4, 0.5) is 0 Å². The predicted octanol–water partition coefficient (Wildman–Crippen LogP) is -0.857. The van der Waals surface area contributed by atoms with Gasteiger partial charge in [-0.3, -0.25) is 34.3 Å². The van der Waals surface area contributed by atoms with Gasteiger partial charge in [0.05, 0.1) is 18.4 Å². The zero-order chi connectivity index (χ0) is 45.3. The number of rotatable bonds is 15. The van der Waals surface area contributed by atoms with E-state index in [0.717, 1.165) is 20.4 Å². The Hall–Kier alpha value is -2.66. The van der Waals surface area contributed by atoms with E-state index < -0.39 is 92.4 Å². The maximum atomic E-state index is 11.4. The Balaban J connectivity index is -0.000000694. The lowest BCUT2D eigenvalue weighted by Gasteiger charge is -2.43. The lowest BCUT2D eigenvalue weighted by molar-refractivity contribution is -0.180. The second kappa shape index (κ2) is 23.7. The van der Waals surface area contributed by atoms with E-state index in [1.54, 1.807) is 6.92 Å². The number of nitrogens with two attached hydrogens (primary N) is 4. The minimum absolute atomic E-state index is 0.0261. The van der Waals surface area contributed by atoms with Crippen molar-refractivity contribution in [2.45, 2.75) is 114 Å². The lowest BCUT2D eigenvalue weighted by Crippen LogP contribution is -2.66. The maximum absolute atomic E-state index is 11.4. The number of aliphatic carboxylic acids is 5. The Morgan fingerprint density at radius 3 is 1.68 bits per heavy atom. The molecule has 24 nitrogen and oxygen atoms in total. The summed E-state index contributed by atoms with van der Waals surface area (Å²) in [5, 5.41) is 50.2. The standard InChI is InChI=1S/C9H16NO7P.C9H18NO5P.C9H15NO5.C2H7N.HO3P/c1-9(10,8(14)15)18(16,6-11)17-5-3-2-4-7(12)13;1-8(9(2,10)16(13,14)15)5-3-4-6(8)7(11)12;1-8(10,7(13)14)9(15)4-2-3-5(9)6(11)12;1-2-3;1-4(2)3/h6,16H,2-5,10H2,1H3,(H-,12,13,14,15);6H,3-5,10H2,1-2H3,(H,11,12)(H2,13,14,15);5,15H,2-4,10H2,1H3,(H,11,12)(H,13,14);2-3H2,1H3;(H,1,2,3)/p+1. The van der Waals surface area contributed by atoms with Crippen LogP contribution < -0.4 is 27.8 Å². The van der Waals surface area contributed by atoms with Crippen molar-refractivity contribution < 1.29 is 97.5 Å². The molecule has 27 heteroatoms. The van der Waals surface area contributed by atoms with Gasteiger partial charge >= 0.3 is 59.4 Å². The molecule has 0 aromatic rings. The summed E-state index contributed by atoms with van der Waals surface area (Å²) in [6, 6.07) is 0.0261. The molecule has 2 fully saturated rings. The van der Waals surface area contributed by atoms with Crippen LogP contribution in [0.5, 0.6) is 0 Å². The summed E-state index contributed by atoms with van der Waals surface area (Å²) in [7, 11) is -11.6. The van der Waals surface area contributed by atoms with Crippen LogP contribution in [0.1, 0.15) is 92.4 Å². The molecule has 0 aromatic carbocycles. The number of carbonyl (C=O) groups excluding carboxylic acids is 1. The van der Waals surface area contributed by atoms with Gasteiger partial charge in [-0.05, 0) is 69.9 Å². The van der Waals surface area contributed by atoms with Gasteiger partial charge in [0.1, 0.15) is 16.4 Å². The van der Waals surface area contributed by atoms with E-state index in [4.69, 9.17) is 67.3 Å². The van der Waals surface area contributed by atoms with Gasteiger partial charge in [0.15, 0.2) is 0 Å². The highest BCUT2D eigenvalue weighted by atomic mass is 31.2. The third-order valence-corrected chi connectivity index (χ3v) is 13.7. The van der Waals surface area contributed by atoms with Crippen molar-refractivity contribution >= 4 is 59.4 Å². The minimum Gasteiger partial charge on any atom is -0.567 e. The van der Waals surface area contributed by atoms with Gasteiger partial charge in [0.25, 0.3) is 5.28 Å². The van der Waals surface area contributed by atoms with Crippen molar-refractivity contribution in [2.75, 3.05) is 13.2 Å². The van der Waals surface area contributed by atoms with Crippen molar-refractivity contribution in [2.24, 2.45) is 40.2 Å². The van der Waals surface area contributed by atoms with Crippen LogP contribution in [0.3, 0.4) is 0 Å². The molecule has 9 atom stereocenters. The molecule has 2 rings (SSSR count). The van der Waals surface area contributed by atoms with E-state index in [2.05, 4.69) is 0 Å². The van der Waals surface area contributed by atoms with Crippen molar-refractivity contribution in [1.29, 1.82) is 0 Å². The van der Waals surface area contributed by atoms with Crippen LogP contribution in [-0.4, -0.2) is 121 Å². The average molecular weight is 876 g/mol. The number of carbonyl (C=O) groups is 6. The van der Waals surface area contributed by atoms with Crippen LogP contribution in [0.25, 0.3) is 0 Å². The maximum Gasteiger partial charge on any atom is 0.485 e. The molecule has 2 aliphatic carbocycles. The first-order valence-electron chi connectivity index (χ1n) is 16.6. The van der Waals surface area contributed by atoms with Gasteiger partial charge in [0, 0.05) is 18.8 Å². The van der Waals surface area contributed by atoms with E-state index >= 15 is 0 Å². The van der Waals surface area contributed by atoms with E-state index in [1.807, 2.05) is 6.92 Å². The molecule has 56 heavy (non-hydrogen) atoms. The Bertz CT molecular complexity index is 1410. The van der Waals surface area contributed by atoms with E-state index in [-0.39, 0.29) is 38.3 Å². The van der Waals surface area contributed by atoms with Crippen molar-refractivity contribution in [3.8, 4) is 0 Å². The average Bonchev–Trinajstić information content (AvgIpc) is 3.65. The molecule has 328 valence electrons. The largest absolute Gasteiger partial charge is 0.567 e. The van der Waals surface area contributed by atoms with Crippen LogP contribution in [-0.2, 0) is 42.4 Å². The summed E-state index contributed by atoms with van der Waals surface area (Å²) in [5.74, 6) is -8.05. The first-order chi connectivity index (χ1) is 25.1. The molecular formula is C29H58N4O20P3+. The third kappa shape index (κ3) is 15.6. The first-order valence-corrected chi connectivity index (χ1v) is 21.1. The van der Waals surface area contributed by atoms with Crippen LogP contribution in [0.2, 0.25) is 0 Å². The van der Waals surface area contributed by atoms with E-state index in [1.165, 1.54) is 6.92 Å². The molecule has 0 amide bonds. The Morgan fingerprint density at radius 1 is 0.929 bits per heavy atom. The van der Waals surface area contributed by atoms with Crippen LogP contribution in [0, 0.1) is 17.3 Å². The first kappa shape index (κ1) is 57.7. The second-order valence-electron chi connectivity index (χ2n) is 13.6. The smallest absolute Gasteiger partial charge is 0.485 e. The molecule has 0 saturated heterocycles. The molecular weight excluding hydrogens is 817 g/mol. The molecule has 0 aliphatic heterocycles. The second-order valence-corrected chi connectivity index (χ2v) is 18.8. The number of hydrogen-bond acceptors (Lipinski definition) is 16. The van der Waals surface area contributed by atoms with Crippen molar-refractivity contribution in [3.63, 3.8) is 0 Å². The van der Waals surface area contributed by atoms with Crippen LogP contribution >= 0.6 is 23.6 Å². The molecule has 0 bridgehead atoms. The Labute approximate surface area is 324 Å². The normalized spacial score (nSPS) is 25.9. The fraction of sp³-hybridized carbons (Fsp3) is 0.793. The minimum atomic E-state index is -4.55. The third-order valence-electron chi connectivity index (χ3n) is 9.60. The molecule has 2 saturated carbocycles. The number of hydrogen-bond donors (Lipinski definition) is 14. The summed E-state index contributed by atoms with van der Waals surface area (Å²) < 4.78 is 24.9. The summed E-state index contributed by atoms with van der Waals surface area (Å²) in [5.41, 5.74) is 16.6. The molecule has 0 spiro atoms. The molecule has 0 radical (unpaired) electrons. The number of carboxylic acids is 5. The highest BCUT2D eigenvalue weighted by molar-refractivity contribution is 7.81. The molecule has 0 heterocycles. The fourth-order valence-electron chi connectivity index (χ4n) is 5.62. The van der Waals surface area contributed by atoms with E-state index in [9.17, 15) is 53.1 Å². The molecule has 9 unspecified atom stereocenters. The fourth-order valence-corrected chi connectivity index (χ4v) is 7.78. The zero-order valence-corrected chi connectivity index (χ0v) is 34.4. The summed E-state index contributed by atoms with van der Waals surface area (Å²) in [6.45, 7) is 7.47. The number of aliphatic hydroxyl groups is 1. The predicted molar refractivity (Wildman–Crippen MR) is 196 cm³/mol. The monoisotopic (exact) mass is 875 g/mol. The van der Waals surface area contributed by atoms with Gasteiger partial charge in [-0.1, -0.05) is 20.3 Å². The van der Waals surface area contributed by atoms with E-state index in [0.29, 0.717) is 32.1 Å². The highest BCUT2D eigenvalue weighted by Gasteiger charge is 2.62. The van der Waals surface area contributed by atoms with Gasteiger partial charge in [-0.25, -0.2) is 9.69 Å². The quantitative estimate of drug-likeness (QED) is 0.0541. The molecule has 18 N–H and O–H groups in total. The number of unbranched alkanes of at least 4 members (excludes halogenated alkanes) is 1. The van der Waals surface area contributed by atoms with Crippen molar-refractivity contribution in [1.82, 2.24) is 0 Å². The van der Waals surface area contributed by atoms with Crippen molar-refractivity contribution in [3.05, 3.63) is 0 Å². The molecule has 2 aliphatic rings. The van der Waals surface area contributed by atoms with Gasteiger partial charge in [0.2, 0.25) is 0 Å². The summed E-state index contributed by atoms with van der Waals surface area (Å²) >= 11 is 0. The van der Waals surface area contributed by atoms with Gasteiger partial charge in [-0.2, -0.15) is 9.42 Å². The number of carboxylic acid groups (broad SMARTS) is 5. The summed E-state index contributed by atoms with van der Waals surface area (Å²) in [4.78, 5) is 109. The molecule has 0 aromatic heterocycles. The Morgan fingerprint density at radius 2 is 1.34 bits per heavy atom. The van der Waals surface area contributed by atoms with Gasteiger partial charge in [-0.15, -0.1) is 0 Å². The summed E-state index contributed by atoms with van der Waals surface area (Å²) in [6.07, 6.45) is 2.78. The highest BCUT2D eigenvalue weighted by Crippen LogP contribution is 2.63.